The molecule has 5 rings (SSSR count). The van der Waals surface area contributed by atoms with E-state index in [1.54, 1.807) is 76.2 Å². The Kier molecular flexibility index (Phi) is 35.9. The lowest BCUT2D eigenvalue weighted by Crippen LogP contribution is -2.12. The van der Waals surface area contributed by atoms with E-state index in [1.165, 1.54) is 0 Å². The molecule has 8 bridgehead atoms. The molecule has 92 heavy (non-hydrogen) atoms. The summed E-state index contributed by atoms with van der Waals surface area (Å²) in [5, 5.41) is 26.0. The molecule has 4 aromatic carbocycles. The Balaban J connectivity index is 1.88. The van der Waals surface area contributed by atoms with Crippen molar-refractivity contribution in [3.05, 3.63) is 115 Å². The first-order valence-electron chi connectivity index (χ1n) is 35.8. The van der Waals surface area contributed by atoms with Crippen LogP contribution < -0.4 is 9.05 Å². The quantitative estimate of drug-likeness (QED) is 0.0212. The Labute approximate surface area is 553 Å². The van der Waals surface area contributed by atoms with E-state index in [0.29, 0.717) is 70.2 Å². The minimum absolute atomic E-state index is 0.0314. The van der Waals surface area contributed by atoms with Crippen molar-refractivity contribution in [2.45, 2.75) is 287 Å². The first kappa shape index (κ1) is 77.8. The molecule has 0 heterocycles. The number of ketones is 4. The number of hydrogen-bond donors (Lipinski definition) is 2. The van der Waals surface area contributed by atoms with Gasteiger partial charge in [-0.05, 0) is 124 Å². The highest BCUT2D eigenvalue weighted by Gasteiger charge is 2.35. The van der Waals surface area contributed by atoms with Crippen molar-refractivity contribution in [1.82, 2.24) is 0 Å². The molecule has 16 heteroatoms. The Hall–Kier alpha value is -4.94. The summed E-state index contributed by atoms with van der Waals surface area (Å²) in [5.41, 5.74) is 3.67. The summed E-state index contributed by atoms with van der Waals surface area (Å²) in [6.45, 7) is 15.2. The summed E-state index contributed by atoms with van der Waals surface area (Å²) < 4.78 is 66.1. The Morgan fingerprint density at radius 2 is 0.489 bits per heavy atom. The van der Waals surface area contributed by atoms with E-state index < -0.39 is 15.6 Å². The zero-order valence-corrected chi connectivity index (χ0v) is 59.4. The van der Waals surface area contributed by atoms with Gasteiger partial charge in [0, 0.05) is 95.9 Å². The number of phosphoric acid groups is 2. The molecule has 2 N–H and O–H groups in total. The number of rotatable bonds is 48. The molecular formula is C76H114O14P2. The number of Topliss-reactive ketones (excluding diaryl/α,β-unsaturated/α-hetero) is 4. The maximum Gasteiger partial charge on any atom is 0.530 e. The molecule has 1 aliphatic carbocycles. The van der Waals surface area contributed by atoms with Crippen LogP contribution in [0.1, 0.15) is 347 Å². The van der Waals surface area contributed by atoms with Crippen LogP contribution in [0.25, 0.3) is 0 Å². The first-order chi connectivity index (χ1) is 44.5. The fraction of sp³-hybridized carbons (Fsp3) is 0.632. The maximum absolute atomic E-state index is 14.9. The topological polar surface area (TPSA) is 198 Å². The van der Waals surface area contributed by atoms with Crippen LogP contribution in [0.5, 0.6) is 23.0 Å². The van der Waals surface area contributed by atoms with Crippen LogP contribution in [-0.2, 0) is 52.9 Å². The molecule has 1 aliphatic rings. The number of phenols is 2. The van der Waals surface area contributed by atoms with Crippen LogP contribution in [0.4, 0.5) is 0 Å². The van der Waals surface area contributed by atoms with Crippen LogP contribution in [0, 0.1) is 0 Å². The van der Waals surface area contributed by atoms with Crippen LogP contribution in [-0.4, -0.2) is 59.8 Å². The van der Waals surface area contributed by atoms with E-state index >= 15 is 0 Å². The van der Waals surface area contributed by atoms with Crippen molar-refractivity contribution < 1.29 is 65.7 Å². The second kappa shape index (κ2) is 42.5. The molecule has 0 amide bonds. The van der Waals surface area contributed by atoms with Gasteiger partial charge in [0.2, 0.25) is 0 Å². The SMILES string of the molecule is CCCCCCCCCC(=O)c1cc2c(O)c(c1)Cc1cc(C(=O)CCCCCCCCC)cc(c1OP(=O)(OCC)OCC)Cc1cc(C(=O)CCCCCCCCC)cc(c1O)Cc1cc(C(=O)CCCCCCCCC)cc(c1OP(=O)(OCC)OCC)C2. The van der Waals surface area contributed by atoms with Crippen molar-refractivity contribution in [3.63, 3.8) is 0 Å². The van der Waals surface area contributed by atoms with Crippen molar-refractivity contribution >= 4 is 38.8 Å². The molecule has 0 fully saturated rings. The normalized spacial score (nSPS) is 12.5. The number of unbranched alkanes of at least 4 members (excludes halogenated alkanes) is 24. The lowest BCUT2D eigenvalue weighted by atomic mass is 9.86. The minimum Gasteiger partial charge on any atom is -0.507 e. The van der Waals surface area contributed by atoms with Gasteiger partial charge in [-0.2, -0.15) is 0 Å². The molecule has 4 aromatic rings. The van der Waals surface area contributed by atoms with Gasteiger partial charge in [-0.1, -0.05) is 182 Å². The minimum atomic E-state index is -4.43. The second-order valence-corrected chi connectivity index (χ2v) is 28.4. The maximum atomic E-state index is 14.9. The largest absolute Gasteiger partial charge is 0.530 e. The number of fused-ring (bicyclic) bond motifs is 8. The predicted octanol–water partition coefficient (Wildman–Crippen LogP) is 22.2. The van der Waals surface area contributed by atoms with Crippen LogP contribution in [0.2, 0.25) is 0 Å². The third-order valence-electron chi connectivity index (χ3n) is 17.4. The summed E-state index contributed by atoms with van der Waals surface area (Å²) in [5.74, 6) is -0.935. The fourth-order valence-corrected chi connectivity index (χ4v) is 14.9. The highest BCUT2D eigenvalue weighted by atomic mass is 31.2. The molecule has 0 unspecified atom stereocenters. The molecule has 512 valence electrons. The number of phenolic OH excluding ortho intramolecular Hbond substituents is 2. The van der Waals surface area contributed by atoms with Gasteiger partial charge in [0.05, 0.1) is 26.4 Å². The van der Waals surface area contributed by atoms with Gasteiger partial charge in [-0.15, -0.1) is 0 Å². The third-order valence-corrected chi connectivity index (χ3v) is 20.5. The average molecular weight is 1310 g/mol. The van der Waals surface area contributed by atoms with Crippen LogP contribution in [0.3, 0.4) is 0 Å². The van der Waals surface area contributed by atoms with E-state index in [0.717, 1.165) is 154 Å². The van der Waals surface area contributed by atoms with Gasteiger partial charge in [0.1, 0.15) is 23.0 Å². The van der Waals surface area contributed by atoms with Gasteiger partial charge in [0.15, 0.2) is 23.1 Å². The number of carbonyl (C=O) groups is 4. The highest BCUT2D eigenvalue weighted by Crippen LogP contribution is 2.54. The third kappa shape index (κ3) is 25.7. The average Bonchev–Trinajstić information content (AvgIpc) is 0.784. The smallest absolute Gasteiger partial charge is 0.507 e. The van der Waals surface area contributed by atoms with E-state index in [9.17, 15) is 38.5 Å². The van der Waals surface area contributed by atoms with Gasteiger partial charge in [0.25, 0.3) is 0 Å². The fourth-order valence-electron chi connectivity index (χ4n) is 12.4. The number of aromatic hydroxyl groups is 2. The monoisotopic (exact) mass is 1310 g/mol. The Morgan fingerprint density at radius 1 is 0.304 bits per heavy atom. The Bertz CT molecular complexity index is 2720. The summed E-state index contributed by atoms with van der Waals surface area (Å²) in [6, 6.07) is 13.4. The number of carbonyl (C=O) groups excluding carboxylic acids is 4. The summed E-state index contributed by atoms with van der Waals surface area (Å²) in [4.78, 5) is 59.0. The molecule has 0 saturated carbocycles. The van der Waals surface area contributed by atoms with Crippen molar-refractivity contribution in [2.75, 3.05) is 26.4 Å². The molecule has 0 radical (unpaired) electrons. The molecule has 0 saturated heterocycles. The lowest BCUT2D eigenvalue weighted by molar-refractivity contribution is 0.0971. The molecule has 14 nitrogen and oxygen atoms in total. The molecule has 0 atom stereocenters. The van der Waals surface area contributed by atoms with Gasteiger partial charge in [-0.3, -0.25) is 37.3 Å². The summed E-state index contributed by atoms with van der Waals surface area (Å²) in [6.07, 6.45) is 28.4. The van der Waals surface area contributed by atoms with Crippen molar-refractivity contribution in [1.29, 1.82) is 0 Å². The first-order valence-corrected chi connectivity index (χ1v) is 38.7. The summed E-state index contributed by atoms with van der Waals surface area (Å²) >= 11 is 0. The van der Waals surface area contributed by atoms with E-state index in [-0.39, 0.29) is 146 Å². The number of phosphoric ester groups is 2. The standard InChI is InChI=1S/C76H114O14P2/c1-9-17-21-25-29-33-37-41-69(77)57-45-61-53-65-49-59(71(79)43-39-35-31-27-23-19-11-3)51-67(75(65)89-91(83,85-13-5)86-14-6)55-63-47-58(70(78)42-38-34-30-26-22-18-10-2)48-64(74(63)82)56-68-52-60(72(80)44-40-36-32-28-24-20-12-4)50-66(54-62(46-57)73(61)81)76(68)90-92(84,87-15-7)88-16-8/h45-52,81-82H,9-44,53-56H2,1-8H3. The Morgan fingerprint density at radius 3 is 0.685 bits per heavy atom. The van der Waals surface area contributed by atoms with Crippen molar-refractivity contribution in [3.8, 4) is 23.0 Å². The van der Waals surface area contributed by atoms with Crippen LogP contribution in [0.15, 0.2) is 48.5 Å². The molecule has 0 aromatic heterocycles. The van der Waals surface area contributed by atoms with Crippen LogP contribution >= 0.6 is 15.6 Å². The van der Waals surface area contributed by atoms with E-state index in [1.807, 2.05) is 0 Å². The molecule has 0 aliphatic heterocycles. The predicted molar refractivity (Wildman–Crippen MR) is 371 cm³/mol. The molecule has 0 spiro atoms. The molecular weight excluding hydrogens is 1200 g/mol. The van der Waals surface area contributed by atoms with Crippen molar-refractivity contribution in [2.24, 2.45) is 0 Å². The number of benzene rings is 4. The van der Waals surface area contributed by atoms with Gasteiger partial charge >= 0.3 is 15.6 Å². The van der Waals surface area contributed by atoms with E-state index in [2.05, 4.69) is 27.7 Å². The zero-order chi connectivity index (χ0) is 66.7. The second-order valence-electron chi connectivity index (χ2n) is 25.2. The number of hydrogen-bond acceptors (Lipinski definition) is 14. The van der Waals surface area contributed by atoms with E-state index in [4.69, 9.17) is 27.1 Å². The highest BCUT2D eigenvalue weighted by molar-refractivity contribution is 7.49. The van der Waals surface area contributed by atoms with Gasteiger partial charge < -0.3 is 19.3 Å². The summed E-state index contributed by atoms with van der Waals surface area (Å²) in [7, 11) is -8.86. The van der Waals surface area contributed by atoms with Gasteiger partial charge in [-0.25, -0.2) is 9.13 Å². The lowest BCUT2D eigenvalue weighted by Gasteiger charge is -2.25. The zero-order valence-electron chi connectivity index (χ0n) is 57.6.